The van der Waals surface area contributed by atoms with Gasteiger partial charge in [0.05, 0.1) is 25.0 Å². The molecule has 0 bridgehead atoms. The molecule has 0 fully saturated rings. The highest BCUT2D eigenvalue weighted by Crippen LogP contribution is 2.48. The highest BCUT2D eigenvalue weighted by atomic mass is 16.6. The van der Waals surface area contributed by atoms with Crippen LogP contribution in [0.4, 0.5) is 10.5 Å². The highest BCUT2D eigenvalue weighted by molar-refractivity contribution is 6.00. The molecule has 7 nitrogen and oxygen atoms in total. The number of fused-ring (bicyclic) bond motifs is 3. The summed E-state index contributed by atoms with van der Waals surface area (Å²) in [6.45, 7) is 9.83. The molecule has 3 aromatic rings. The standard InChI is InChI=1S/C26H31N3O4/c1-25(2,3)33-24(30)28-14-18-11-16-12-20(31-6)23-19(13-26(4,5)32-23)21(16)22(29-18)15-8-7-9-17(27)10-15/h7-12H,13-14,27H2,1-6H3,(H,28,30). The Morgan fingerprint density at radius 3 is 2.67 bits per heavy atom. The third-order valence-electron chi connectivity index (χ3n) is 5.36. The molecular weight excluding hydrogens is 418 g/mol. The van der Waals surface area contributed by atoms with Crippen LogP contribution in [0.2, 0.25) is 0 Å². The molecule has 174 valence electrons. The first-order chi connectivity index (χ1) is 15.5. The Labute approximate surface area is 194 Å². The van der Waals surface area contributed by atoms with Crippen molar-refractivity contribution in [1.29, 1.82) is 0 Å². The van der Waals surface area contributed by atoms with Crippen LogP contribution in [0.25, 0.3) is 22.0 Å². The number of carbonyl (C=O) groups excluding carboxylic acids is 1. The van der Waals surface area contributed by atoms with Gasteiger partial charge in [0.15, 0.2) is 11.5 Å². The summed E-state index contributed by atoms with van der Waals surface area (Å²) in [6.07, 6.45) is 0.235. The van der Waals surface area contributed by atoms with Crippen LogP contribution in [0.5, 0.6) is 11.5 Å². The maximum Gasteiger partial charge on any atom is 0.407 e. The van der Waals surface area contributed by atoms with Crippen LogP contribution in [-0.4, -0.2) is 29.4 Å². The molecule has 1 aliphatic rings. The van der Waals surface area contributed by atoms with E-state index in [0.29, 0.717) is 17.1 Å². The third-order valence-corrected chi connectivity index (χ3v) is 5.36. The molecule has 0 spiro atoms. The molecule has 2 heterocycles. The smallest absolute Gasteiger partial charge is 0.407 e. The van der Waals surface area contributed by atoms with E-state index in [1.807, 2.05) is 57.2 Å². The van der Waals surface area contributed by atoms with E-state index >= 15 is 0 Å². The maximum atomic E-state index is 12.2. The number of benzene rings is 2. The van der Waals surface area contributed by atoms with Crippen LogP contribution in [0.15, 0.2) is 36.4 Å². The summed E-state index contributed by atoms with van der Waals surface area (Å²) in [5.41, 5.74) is 9.27. The van der Waals surface area contributed by atoms with Crippen LogP contribution in [-0.2, 0) is 17.7 Å². The minimum absolute atomic E-state index is 0.224. The number of methoxy groups -OCH3 is 1. The molecule has 0 saturated heterocycles. The van der Waals surface area contributed by atoms with Gasteiger partial charge < -0.3 is 25.3 Å². The monoisotopic (exact) mass is 449 g/mol. The molecule has 0 saturated carbocycles. The number of nitrogens with two attached hydrogens (primary N) is 1. The quantitative estimate of drug-likeness (QED) is 0.530. The van der Waals surface area contributed by atoms with Gasteiger partial charge in [0, 0.05) is 28.6 Å². The summed E-state index contributed by atoms with van der Waals surface area (Å²) in [6, 6.07) is 11.6. The predicted molar refractivity (Wildman–Crippen MR) is 130 cm³/mol. The van der Waals surface area contributed by atoms with E-state index in [9.17, 15) is 4.79 Å². The molecule has 1 aliphatic heterocycles. The lowest BCUT2D eigenvalue weighted by molar-refractivity contribution is 0.0523. The molecule has 0 radical (unpaired) electrons. The second-order valence-electron chi connectivity index (χ2n) is 9.97. The number of alkyl carbamates (subject to hydrolysis) is 1. The fourth-order valence-electron chi connectivity index (χ4n) is 4.15. The number of hydrogen-bond acceptors (Lipinski definition) is 6. The van der Waals surface area contributed by atoms with Crippen molar-refractivity contribution in [3.63, 3.8) is 0 Å². The lowest BCUT2D eigenvalue weighted by Gasteiger charge is -2.20. The SMILES string of the molecule is COc1cc2cc(CNC(=O)OC(C)(C)C)nc(-c3cccc(N)c3)c2c2c1OC(C)(C)C2. The van der Waals surface area contributed by atoms with Crippen molar-refractivity contribution in [2.24, 2.45) is 0 Å². The molecular formula is C26H31N3O4. The van der Waals surface area contributed by atoms with Crippen molar-refractivity contribution in [3.05, 3.63) is 47.7 Å². The fraction of sp³-hybridized carbons (Fsp3) is 0.385. The minimum atomic E-state index is -0.575. The Bertz CT molecular complexity index is 1230. The Morgan fingerprint density at radius 2 is 2.00 bits per heavy atom. The van der Waals surface area contributed by atoms with Crippen molar-refractivity contribution in [3.8, 4) is 22.8 Å². The van der Waals surface area contributed by atoms with Gasteiger partial charge in [-0.05, 0) is 64.3 Å². The van der Waals surface area contributed by atoms with Crippen molar-refractivity contribution < 1.29 is 19.0 Å². The number of rotatable bonds is 4. The van der Waals surface area contributed by atoms with Gasteiger partial charge in [-0.3, -0.25) is 4.98 Å². The zero-order valence-corrected chi connectivity index (χ0v) is 20.0. The Hall–Kier alpha value is -3.48. The van der Waals surface area contributed by atoms with Crippen molar-refractivity contribution in [2.45, 2.75) is 58.8 Å². The number of nitrogen functional groups attached to an aromatic ring is 1. The number of aromatic nitrogens is 1. The number of nitrogens with zero attached hydrogens (tertiary/aromatic N) is 1. The van der Waals surface area contributed by atoms with Gasteiger partial charge in [-0.15, -0.1) is 0 Å². The largest absolute Gasteiger partial charge is 0.493 e. The summed E-state index contributed by atoms with van der Waals surface area (Å²) in [5, 5.41) is 4.76. The second kappa shape index (κ2) is 8.14. The van der Waals surface area contributed by atoms with Gasteiger partial charge in [-0.1, -0.05) is 12.1 Å². The first-order valence-corrected chi connectivity index (χ1v) is 11.0. The van der Waals surface area contributed by atoms with Crippen molar-refractivity contribution >= 4 is 22.6 Å². The van der Waals surface area contributed by atoms with Crippen molar-refractivity contribution in [1.82, 2.24) is 10.3 Å². The number of hydrogen-bond donors (Lipinski definition) is 2. The van der Waals surface area contributed by atoms with Gasteiger partial charge in [-0.2, -0.15) is 0 Å². The van der Waals surface area contributed by atoms with E-state index in [-0.39, 0.29) is 12.1 Å². The second-order valence-corrected chi connectivity index (χ2v) is 9.97. The van der Waals surface area contributed by atoms with Crippen LogP contribution in [0.3, 0.4) is 0 Å². The number of pyridine rings is 1. The normalized spacial score (nSPS) is 14.5. The molecule has 4 rings (SSSR count). The summed E-state index contributed by atoms with van der Waals surface area (Å²) >= 11 is 0. The van der Waals surface area contributed by atoms with E-state index in [4.69, 9.17) is 24.9 Å². The van der Waals surface area contributed by atoms with Gasteiger partial charge in [0.1, 0.15) is 11.2 Å². The Balaban J connectivity index is 1.86. The molecule has 1 amide bonds. The molecule has 3 N–H and O–H groups in total. The van der Waals surface area contributed by atoms with Gasteiger partial charge in [0.25, 0.3) is 0 Å². The van der Waals surface area contributed by atoms with Gasteiger partial charge in [-0.25, -0.2) is 4.79 Å². The molecule has 0 atom stereocenters. The van der Waals surface area contributed by atoms with Crippen LogP contribution in [0.1, 0.15) is 45.9 Å². The average Bonchev–Trinajstić information content (AvgIpc) is 3.04. The average molecular weight is 450 g/mol. The molecule has 7 heteroatoms. The first-order valence-electron chi connectivity index (χ1n) is 11.0. The van der Waals surface area contributed by atoms with E-state index in [1.165, 1.54) is 0 Å². The van der Waals surface area contributed by atoms with E-state index in [0.717, 1.165) is 39.8 Å². The Kier molecular flexibility index (Phi) is 5.60. The van der Waals surface area contributed by atoms with E-state index in [1.54, 1.807) is 7.11 Å². The predicted octanol–water partition coefficient (Wildman–Crippen LogP) is 5.23. The summed E-state index contributed by atoms with van der Waals surface area (Å²) < 4.78 is 17.3. The Morgan fingerprint density at radius 1 is 1.24 bits per heavy atom. The number of anilines is 1. The molecule has 1 aromatic heterocycles. The zero-order chi connectivity index (χ0) is 24.0. The van der Waals surface area contributed by atoms with E-state index in [2.05, 4.69) is 19.2 Å². The molecule has 0 unspecified atom stereocenters. The first kappa shape index (κ1) is 22.7. The van der Waals surface area contributed by atoms with Gasteiger partial charge >= 0.3 is 6.09 Å². The number of carbonyl (C=O) groups is 1. The van der Waals surface area contributed by atoms with Crippen LogP contribution in [0, 0.1) is 0 Å². The van der Waals surface area contributed by atoms with Gasteiger partial charge in [0.2, 0.25) is 0 Å². The highest BCUT2D eigenvalue weighted by Gasteiger charge is 2.35. The van der Waals surface area contributed by atoms with Crippen molar-refractivity contribution in [2.75, 3.05) is 12.8 Å². The van der Waals surface area contributed by atoms with E-state index < -0.39 is 11.7 Å². The zero-order valence-electron chi connectivity index (χ0n) is 20.0. The van der Waals surface area contributed by atoms with Crippen LogP contribution < -0.4 is 20.5 Å². The number of amides is 1. The minimum Gasteiger partial charge on any atom is -0.493 e. The number of nitrogens with one attached hydrogen (secondary N) is 1. The summed E-state index contributed by atoms with van der Waals surface area (Å²) in [7, 11) is 1.64. The summed E-state index contributed by atoms with van der Waals surface area (Å²) in [4.78, 5) is 17.1. The molecule has 2 aromatic carbocycles. The summed E-state index contributed by atoms with van der Waals surface area (Å²) in [5.74, 6) is 1.43. The number of ether oxygens (including phenoxy) is 3. The topological polar surface area (TPSA) is 95.7 Å². The fourth-order valence-corrected chi connectivity index (χ4v) is 4.15. The van der Waals surface area contributed by atoms with Crippen LogP contribution >= 0.6 is 0 Å². The molecule has 0 aliphatic carbocycles. The molecule has 33 heavy (non-hydrogen) atoms. The lowest BCUT2D eigenvalue weighted by Crippen LogP contribution is -2.32. The lowest BCUT2D eigenvalue weighted by atomic mass is 9.93. The maximum absolute atomic E-state index is 12.2. The third kappa shape index (κ3) is 4.82.